The van der Waals surface area contributed by atoms with E-state index in [0.29, 0.717) is 5.92 Å². The predicted octanol–water partition coefficient (Wildman–Crippen LogP) is 7.88. The van der Waals surface area contributed by atoms with Gasteiger partial charge in [-0.1, -0.05) is 38.1 Å². The average Bonchev–Trinajstić information content (AvgIpc) is 3.35. The molecule has 3 heteroatoms. The van der Waals surface area contributed by atoms with E-state index in [0.717, 1.165) is 11.2 Å². The predicted molar refractivity (Wildman–Crippen MR) is 132 cm³/mol. The topological polar surface area (TPSA) is 17.0 Å². The summed E-state index contributed by atoms with van der Waals surface area (Å²) in [7, 11) is 2.14. The summed E-state index contributed by atoms with van der Waals surface area (Å²) in [4.78, 5) is 0. The first-order valence-corrected chi connectivity index (χ1v) is 11.7. The fraction of sp³-hybridized carbons (Fsp3) is 0.179. The van der Waals surface area contributed by atoms with Crippen molar-refractivity contribution in [3.63, 3.8) is 0 Å². The van der Waals surface area contributed by atoms with Gasteiger partial charge in [0.2, 0.25) is 5.69 Å². The SMILES string of the molecule is Cc1c(-c2c3scc(C(C)C)c3cc[n+]2C)ccc2c1oc1cc3ccccc3cc12. The molecule has 0 saturated carbocycles. The smallest absolute Gasteiger partial charge is 0.230 e. The van der Waals surface area contributed by atoms with Gasteiger partial charge in [0.15, 0.2) is 6.20 Å². The number of rotatable bonds is 2. The number of aryl methyl sites for hydroxylation is 2. The Bertz CT molecular complexity index is 1630. The fourth-order valence-electron chi connectivity index (χ4n) is 4.83. The Morgan fingerprint density at radius 1 is 0.903 bits per heavy atom. The maximum atomic E-state index is 6.44. The van der Waals surface area contributed by atoms with Gasteiger partial charge >= 0.3 is 0 Å². The summed E-state index contributed by atoms with van der Waals surface area (Å²) < 4.78 is 10.0. The van der Waals surface area contributed by atoms with Gasteiger partial charge in [0, 0.05) is 27.8 Å². The van der Waals surface area contributed by atoms with E-state index in [-0.39, 0.29) is 0 Å². The third-order valence-corrected chi connectivity index (χ3v) is 7.55. The number of pyridine rings is 1. The quantitative estimate of drug-likeness (QED) is 0.259. The van der Waals surface area contributed by atoms with Gasteiger partial charge in [-0.05, 0) is 58.8 Å². The molecule has 0 bridgehead atoms. The van der Waals surface area contributed by atoms with E-state index in [4.69, 9.17) is 4.42 Å². The third kappa shape index (κ3) is 2.66. The van der Waals surface area contributed by atoms with Gasteiger partial charge in [-0.15, -0.1) is 11.3 Å². The molecule has 0 atom stereocenters. The normalized spacial score (nSPS) is 12.2. The molecule has 0 aliphatic carbocycles. The van der Waals surface area contributed by atoms with Crippen molar-refractivity contribution < 1.29 is 8.98 Å². The Kier molecular flexibility index (Phi) is 4.00. The van der Waals surface area contributed by atoms with Crippen molar-refractivity contribution in [1.82, 2.24) is 0 Å². The maximum Gasteiger partial charge on any atom is 0.230 e. The van der Waals surface area contributed by atoms with E-state index in [1.165, 1.54) is 54.0 Å². The van der Waals surface area contributed by atoms with Crippen LogP contribution in [0, 0.1) is 6.92 Å². The number of benzene rings is 3. The van der Waals surface area contributed by atoms with Crippen LogP contribution in [0.3, 0.4) is 0 Å². The third-order valence-electron chi connectivity index (χ3n) is 6.53. The summed E-state index contributed by atoms with van der Waals surface area (Å²) in [5, 5.41) is 8.51. The van der Waals surface area contributed by atoms with Gasteiger partial charge in [-0.2, -0.15) is 4.57 Å². The number of thiophene rings is 1. The molecule has 3 aromatic carbocycles. The molecule has 6 rings (SSSR count). The Morgan fingerprint density at radius 3 is 2.45 bits per heavy atom. The summed E-state index contributed by atoms with van der Waals surface area (Å²) in [6.07, 6.45) is 2.19. The molecule has 6 aromatic rings. The van der Waals surface area contributed by atoms with E-state index >= 15 is 0 Å². The highest BCUT2D eigenvalue weighted by molar-refractivity contribution is 7.18. The van der Waals surface area contributed by atoms with Gasteiger partial charge < -0.3 is 4.42 Å². The lowest BCUT2D eigenvalue weighted by Crippen LogP contribution is -2.30. The Morgan fingerprint density at radius 2 is 1.68 bits per heavy atom. The molecular weight excluding hydrogens is 398 g/mol. The largest absolute Gasteiger partial charge is 0.456 e. The van der Waals surface area contributed by atoms with E-state index in [1.54, 1.807) is 0 Å². The lowest BCUT2D eigenvalue weighted by atomic mass is 9.98. The van der Waals surface area contributed by atoms with Crippen molar-refractivity contribution in [3.8, 4) is 11.3 Å². The van der Waals surface area contributed by atoms with Crippen molar-refractivity contribution in [3.05, 3.63) is 77.3 Å². The van der Waals surface area contributed by atoms with Gasteiger partial charge in [-0.25, -0.2) is 0 Å². The van der Waals surface area contributed by atoms with Crippen LogP contribution in [0.4, 0.5) is 0 Å². The Balaban J connectivity index is 1.66. The highest BCUT2D eigenvalue weighted by Crippen LogP contribution is 2.40. The number of hydrogen-bond acceptors (Lipinski definition) is 2. The molecule has 0 aliphatic rings. The Hall–Kier alpha value is -3.17. The summed E-state index contributed by atoms with van der Waals surface area (Å²) >= 11 is 1.85. The molecule has 0 saturated heterocycles. The summed E-state index contributed by atoms with van der Waals surface area (Å²) in [5.74, 6) is 0.516. The number of fused-ring (bicyclic) bond motifs is 5. The molecule has 152 valence electrons. The summed E-state index contributed by atoms with van der Waals surface area (Å²) in [5.41, 5.74) is 7.06. The zero-order valence-corrected chi connectivity index (χ0v) is 19.0. The number of nitrogens with zero attached hydrogens (tertiary/aromatic N) is 1. The van der Waals surface area contributed by atoms with Crippen LogP contribution in [-0.2, 0) is 7.05 Å². The van der Waals surface area contributed by atoms with Crippen LogP contribution in [0.5, 0.6) is 0 Å². The first-order valence-electron chi connectivity index (χ1n) is 10.8. The second-order valence-corrected chi connectivity index (χ2v) is 9.66. The molecule has 0 aliphatic heterocycles. The number of aromatic nitrogens is 1. The van der Waals surface area contributed by atoms with Crippen LogP contribution in [0.2, 0.25) is 0 Å². The van der Waals surface area contributed by atoms with Crippen molar-refractivity contribution in [2.75, 3.05) is 0 Å². The summed E-state index contributed by atoms with van der Waals surface area (Å²) in [6.45, 7) is 6.73. The number of hydrogen-bond donors (Lipinski definition) is 0. The van der Waals surface area contributed by atoms with E-state index in [9.17, 15) is 0 Å². The zero-order valence-electron chi connectivity index (χ0n) is 18.2. The minimum absolute atomic E-state index is 0.516. The van der Waals surface area contributed by atoms with Gasteiger partial charge in [0.05, 0.1) is 5.56 Å². The molecule has 3 heterocycles. The van der Waals surface area contributed by atoms with Crippen LogP contribution in [0.25, 0.3) is 54.1 Å². The minimum atomic E-state index is 0.516. The molecule has 0 N–H and O–H groups in total. The van der Waals surface area contributed by atoms with Gasteiger partial charge in [-0.3, -0.25) is 0 Å². The lowest BCUT2D eigenvalue weighted by molar-refractivity contribution is -0.659. The lowest BCUT2D eigenvalue weighted by Gasteiger charge is -2.07. The molecule has 3 aromatic heterocycles. The zero-order chi connectivity index (χ0) is 21.3. The van der Waals surface area contributed by atoms with Crippen molar-refractivity contribution in [1.29, 1.82) is 0 Å². The minimum Gasteiger partial charge on any atom is -0.456 e. The molecule has 2 nitrogen and oxygen atoms in total. The van der Waals surface area contributed by atoms with E-state index in [1.807, 2.05) is 11.3 Å². The van der Waals surface area contributed by atoms with Crippen LogP contribution >= 0.6 is 11.3 Å². The Labute approximate surface area is 185 Å². The summed E-state index contributed by atoms with van der Waals surface area (Å²) in [6, 6.07) is 19.6. The van der Waals surface area contributed by atoms with Crippen molar-refractivity contribution >= 4 is 54.1 Å². The molecule has 0 spiro atoms. The first kappa shape index (κ1) is 18.6. The second kappa shape index (κ2) is 6.66. The maximum absolute atomic E-state index is 6.44. The molecular formula is C28H24NOS+. The second-order valence-electron chi connectivity index (χ2n) is 8.78. The van der Waals surface area contributed by atoms with Gasteiger partial charge in [0.1, 0.15) is 22.9 Å². The molecule has 0 fully saturated rings. The molecule has 0 unspecified atom stereocenters. The van der Waals surface area contributed by atoms with Crippen LogP contribution in [-0.4, -0.2) is 0 Å². The standard InChI is InChI=1S/C28H24NOS/c1-16(2)24-15-31-28-22(24)11-12-29(4)26(28)20-9-10-21-23-13-18-7-5-6-8-19(18)14-25(23)30-27(21)17(20)3/h5-16H,1-4H3/q+1. The van der Waals surface area contributed by atoms with Gasteiger partial charge in [0.25, 0.3) is 0 Å². The highest BCUT2D eigenvalue weighted by atomic mass is 32.1. The van der Waals surface area contributed by atoms with Crippen LogP contribution in [0.1, 0.15) is 30.9 Å². The number of furan rings is 1. The molecule has 0 radical (unpaired) electrons. The van der Waals surface area contributed by atoms with E-state index < -0.39 is 0 Å². The van der Waals surface area contributed by atoms with Crippen LogP contribution < -0.4 is 4.57 Å². The average molecular weight is 423 g/mol. The molecule has 31 heavy (non-hydrogen) atoms. The first-order chi connectivity index (χ1) is 15.0. The highest BCUT2D eigenvalue weighted by Gasteiger charge is 2.23. The fourth-order valence-corrected chi connectivity index (χ4v) is 6.15. The van der Waals surface area contributed by atoms with Crippen molar-refractivity contribution in [2.24, 2.45) is 7.05 Å². The molecule has 0 amide bonds. The van der Waals surface area contributed by atoms with E-state index in [2.05, 4.69) is 98.6 Å². The van der Waals surface area contributed by atoms with Crippen molar-refractivity contribution in [2.45, 2.75) is 26.7 Å². The monoisotopic (exact) mass is 422 g/mol. The van der Waals surface area contributed by atoms with Crippen LogP contribution in [0.15, 0.2) is 70.6 Å².